The van der Waals surface area contributed by atoms with Crippen molar-refractivity contribution in [3.05, 3.63) is 24.3 Å². The molecular formula is C14H19N3O2. The summed E-state index contributed by atoms with van der Waals surface area (Å²) in [5, 5.41) is 2.69. The Balaban J connectivity index is 2.37. The molecule has 5 heteroatoms. The van der Waals surface area contributed by atoms with Gasteiger partial charge in [-0.15, -0.1) is 0 Å². The first-order chi connectivity index (χ1) is 9.00. The van der Waals surface area contributed by atoms with Crippen molar-refractivity contribution in [1.82, 2.24) is 0 Å². The zero-order chi connectivity index (χ0) is 14.0. The Morgan fingerprint density at radius 2 is 2.00 bits per heavy atom. The number of benzene rings is 1. The van der Waals surface area contributed by atoms with E-state index >= 15 is 0 Å². The molecule has 1 aliphatic rings. The topological polar surface area (TPSA) is 75.4 Å². The van der Waals surface area contributed by atoms with E-state index in [1.165, 1.54) is 0 Å². The number of rotatable bonds is 3. The van der Waals surface area contributed by atoms with E-state index in [0.717, 1.165) is 12.1 Å². The number of para-hydroxylation sites is 2. The zero-order valence-electron chi connectivity index (χ0n) is 11.2. The second-order valence-electron chi connectivity index (χ2n) is 5.16. The van der Waals surface area contributed by atoms with E-state index < -0.39 is 11.9 Å². The second kappa shape index (κ2) is 5.40. The number of fused-ring (bicyclic) bond motifs is 1. The molecule has 0 aromatic heterocycles. The molecule has 0 bridgehead atoms. The number of carbonyl (C=O) groups is 2. The van der Waals surface area contributed by atoms with E-state index in [4.69, 9.17) is 5.73 Å². The lowest BCUT2D eigenvalue weighted by molar-refractivity contribution is -0.126. The van der Waals surface area contributed by atoms with E-state index in [-0.39, 0.29) is 5.91 Å². The normalized spacial score (nSPS) is 19.2. The number of amides is 2. The Labute approximate surface area is 112 Å². The molecule has 102 valence electrons. The smallest absolute Gasteiger partial charge is 0.253 e. The van der Waals surface area contributed by atoms with Crippen LogP contribution in [0.1, 0.15) is 20.3 Å². The Morgan fingerprint density at radius 1 is 1.32 bits per heavy atom. The highest BCUT2D eigenvalue weighted by atomic mass is 16.2. The molecular weight excluding hydrogens is 242 g/mol. The van der Waals surface area contributed by atoms with Crippen molar-refractivity contribution in [2.45, 2.75) is 26.3 Å². The average molecular weight is 261 g/mol. The maximum atomic E-state index is 12.3. The molecule has 1 aliphatic heterocycles. The van der Waals surface area contributed by atoms with E-state index in [0.29, 0.717) is 18.2 Å². The van der Waals surface area contributed by atoms with Gasteiger partial charge in [-0.2, -0.15) is 0 Å². The Kier molecular flexibility index (Phi) is 3.85. The molecule has 0 spiro atoms. The SMILES string of the molecule is CC(C)CCN1C(=O)C(N)C(=O)Nc2ccccc21. The van der Waals surface area contributed by atoms with Gasteiger partial charge in [0.15, 0.2) is 6.04 Å². The largest absolute Gasteiger partial charge is 0.322 e. The predicted molar refractivity (Wildman–Crippen MR) is 74.9 cm³/mol. The summed E-state index contributed by atoms with van der Waals surface area (Å²) >= 11 is 0. The van der Waals surface area contributed by atoms with Crippen LogP contribution in [-0.2, 0) is 9.59 Å². The Bertz CT molecular complexity index is 499. The number of anilines is 2. The van der Waals surface area contributed by atoms with Crippen LogP contribution in [0.25, 0.3) is 0 Å². The average Bonchev–Trinajstić information content (AvgIpc) is 2.46. The number of hydrogen-bond donors (Lipinski definition) is 2. The van der Waals surface area contributed by atoms with Gasteiger partial charge in [-0.25, -0.2) is 0 Å². The predicted octanol–water partition coefficient (Wildman–Crippen LogP) is 1.35. The van der Waals surface area contributed by atoms with Crippen LogP contribution in [0.15, 0.2) is 24.3 Å². The van der Waals surface area contributed by atoms with Crippen molar-refractivity contribution in [2.75, 3.05) is 16.8 Å². The summed E-state index contributed by atoms with van der Waals surface area (Å²) in [7, 11) is 0. The van der Waals surface area contributed by atoms with Gasteiger partial charge in [-0.05, 0) is 24.5 Å². The first-order valence-electron chi connectivity index (χ1n) is 6.47. The quantitative estimate of drug-likeness (QED) is 0.806. The highest BCUT2D eigenvalue weighted by Gasteiger charge is 2.32. The number of nitrogens with one attached hydrogen (secondary N) is 1. The van der Waals surface area contributed by atoms with Crippen molar-refractivity contribution in [3.63, 3.8) is 0 Å². The van der Waals surface area contributed by atoms with Crippen molar-refractivity contribution in [1.29, 1.82) is 0 Å². The van der Waals surface area contributed by atoms with Gasteiger partial charge < -0.3 is 16.0 Å². The van der Waals surface area contributed by atoms with Gasteiger partial charge in [0.05, 0.1) is 11.4 Å². The van der Waals surface area contributed by atoms with Crippen LogP contribution >= 0.6 is 0 Å². The van der Waals surface area contributed by atoms with E-state index in [1.807, 2.05) is 18.2 Å². The molecule has 0 fully saturated rings. The van der Waals surface area contributed by atoms with Gasteiger partial charge in [0, 0.05) is 6.54 Å². The summed E-state index contributed by atoms with van der Waals surface area (Å²) in [5.74, 6) is -0.323. The fourth-order valence-electron chi connectivity index (χ4n) is 2.04. The van der Waals surface area contributed by atoms with Crippen LogP contribution in [0.3, 0.4) is 0 Å². The van der Waals surface area contributed by atoms with Crippen molar-refractivity contribution < 1.29 is 9.59 Å². The summed E-state index contributed by atoms with van der Waals surface area (Å²) in [6, 6.07) is 6.13. The van der Waals surface area contributed by atoms with Gasteiger partial charge in [-0.3, -0.25) is 9.59 Å². The van der Waals surface area contributed by atoms with E-state index in [2.05, 4.69) is 19.2 Å². The minimum absolute atomic E-state index is 0.344. The molecule has 2 rings (SSSR count). The lowest BCUT2D eigenvalue weighted by atomic mass is 10.1. The summed E-state index contributed by atoms with van der Waals surface area (Å²) < 4.78 is 0. The summed E-state index contributed by atoms with van der Waals surface area (Å²) in [6.45, 7) is 4.76. The molecule has 2 amide bonds. The second-order valence-corrected chi connectivity index (χ2v) is 5.16. The third-order valence-corrected chi connectivity index (χ3v) is 3.20. The van der Waals surface area contributed by atoms with Crippen molar-refractivity contribution >= 4 is 23.2 Å². The van der Waals surface area contributed by atoms with Crippen LogP contribution in [0.5, 0.6) is 0 Å². The highest BCUT2D eigenvalue weighted by molar-refractivity contribution is 6.19. The van der Waals surface area contributed by atoms with Gasteiger partial charge >= 0.3 is 0 Å². The lowest BCUT2D eigenvalue weighted by Gasteiger charge is -2.24. The van der Waals surface area contributed by atoms with Gasteiger partial charge in [0.25, 0.3) is 11.8 Å². The fourth-order valence-corrected chi connectivity index (χ4v) is 2.04. The summed E-state index contributed by atoms with van der Waals surface area (Å²) in [5.41, 5.74) is 7.05. The van der Waals surface area contributed by atoms with Gasteiger partial charge in [0.1, 0.15) is 0 Å². The lowest BCUT2D eigenvalue weighted by Crippen LogP contribution is -2.48. The van der Waals surface area contributed by atoms with E-state index in [1.54, 1.807) is 11.0 Å². The van der Waals surface area contributed by atoms with Crippen molar-refractivity contribution in [3.8, 4) is 0 Å². The Morgan fingerprint density at radius 3 is 2.68 bits per heavy atom. The molecule has 1 aromatic rings. The zero-order valence-corrected chi connectivity index (χ0v) is 11.2. The van der Waals surface area contributed by atoms with Crippen LogP contribution < -0.4 is 16.0 Å². The molecule has 1 heterocycles. The van der Waals surface area contributed by atoms with Crippen LogP contribution in [0.2, 0.25) is 0 Å². The van der Waals surface area contributed by atoms with Crippen LogP contribution in [0, 0.1) is 5.92 Å². The molecule has 1 atom stereocenters. The maximum absolute atomic E-state index is 12.3. The minimum Gasteiger partial charge on any atom is -0.322 e. The molecule has 0 radical (unpaired) electrons. The molecule has 1 aromatic carbocycles. The first-order valence-corrected chi connectivity index (χ1v) is 6.47. The fraction of sp³-hybridized carbons (Fsp3) is 0.429. The van der Waals surface area contributed by atoms with Gasteiger partial charge in [-0.1, -0.05) is 26.0 Å². The molecule has 0 saturated carbocycles. The third kappa shape index (κ3) is 2.76. The van der Waals surface area contributed by atoms with Crippen LogP contribution in [-0.4, -0.2) is 24.4 Å². The number of nitrogens with zero attached hydrogens (tertiary/aromatic N) is 1. The maximum Gasteiger partial charge on any atom is 0.253 e. The summed E-state index contributed by atoms with van der Waals surface area (Å²) in [6.07, 6.45) is 0.862. The highest BCUT2D eigenvalue weighted by Crippen LogP contribution is 2.29. The first kappa shape index (κ1) is 13.5. The molecule has 0 saturated heterocycles. The van der Waals surface area contributed by atoms with Crippen LogP contribution in [0.4, 0.5) is 11.4 Å². The number of carbonyl (C=O) groups excluding carboxylic acids is 2. The molecule has 3 N–H and O–H groups in total. The Hall–Kier alpha value is -1.88. The molecule has 5 nitrogen and oxygen atoms in total. The number of nitrogens with two attached hydrogens (primary N) is 1. The molecule has 1 unspecified atom stereocenters. The molecule has 0 aliphatic carbocycles. The third-order valence-electron chi connectivity index (χ3n) is 3.20. The molecule has 19 heavy (non-hydrogen) atoms. The monoisotopic (exact) mass is 261 g/mol. The minimum atomic E-state index is -1.14. The van der Waals surface area contributed by atoms with Crippen molar-refractivity contribution in [2.24, 2.45) is 11.7 Å². The van der Waals surface area contributed by atoms with Gasteiger partial charge in [0.2, 0.25) is 0 Å². The van der Waals surface area contributed by atoms with E-state index in [9.17, 15) is 9.59 Å². The standard InChI is InChI=1S/C14H19N3O2/c1-9(2)7-8-17-11-6-4-3-5-10(11)16-13(18)12(15)14(17)19/h3-6,9,12H,7-8,15H2,1-2H3,(H,16,18). The number of hydrogen-bond acceptors (Lipinski definition) is 3. The summed E-state index contributed by atoms with van der Waals surface area (Å²) in [4.78, 5) is 25.7.